The first-order valence-electron chi connectivity index (χ1n) is 7.31. The maximum absolute atomic E-state index is 12.2. The molecule has 2 aromatic rings. The first-order chi connectivity index (χ1) is 12.3. The Balaban J connectivity index is 0.000000918. The van der Waals surface area contributed by atoms with Crippen molar-refractivity contribution in [2.45, 2.75) is 13.5 Å². The van der Waals surface area contributed by atoms with Crippen LogP contribution in [0, 0.1) is 0 Å². The summed E-state index contributed by atoms with van der Waals surface area (Å²) in [5.41, 5.74) is 2.20. The third-order valence-electron chi connectivity index (χ3n) is 3.21. The lowest BCUT2D eigenvalue weighted by Gasteiger charge is -2.06. The van der Waals surface area contributed by atoms with E-state index in [1.165, 1.54) is 0 Å². The molecule has 0 aliphatic rings. The third kappa shape index (κ3) is 5.74. The number of benzene rings is 1. The summed E-state index contributed by atoms with van der Waals surface area (Å²) in [6.45, 7) is 2.13. The number of hydrogen-bond donors (Lipinski definition) is 4. The van der Waals surface area contributed by atoms with Crippen molar-refractivity contribution >= 4 is 45.7 Å². The molecule has 0 aliphatic heterocycles. The Hall–Kier alpha value is -2.59. The fourth-order valence-corrected chi connectivity index (χ4v) is 2.63. The fraction of sp³-hybridized carbons (Fsp3) is 0.312. The second-order valence-corrected chi connectivity index (χ2v) is 5.52. The topological polar surface area (TPSA) is 138 Å². The van der Waals surface area contributed by atoms with Gasteiger partial charge in [0.05, 0.1) is 22.2 Å². The van der Waals surface area contributed by atoms with E-state index in [0.29, 0.717) is 28.6 Å². The average Bonchev–Trinajstić information content (AvgIpc) is 2.83. The summed E-state index contributed by atoms with van der Waals surface area (Å²) in [6, 6.07) is 3.39. The van der Waals surface area contributed by atoms with Gasteiger partial charge in [-0.1, -0.05) is 0 Å². The number of esters is 1. The molecule has 26 heavy (non-hydrogen) atoms. The third-order valence-corrected chi connectivity index (χ3v) is 3.85. The molecule has 0 saturated carbocycles. The zero-order chi connectivity index (χ0) is 20.3. The van der Waals surface area contributed by atoms with Gasteiger partial charge in [-0.05, 0) is 42.0 Å². The predicted molar refractivity (Wildman–Crippen MR) is 98.4 cm³/mol. The van der Waals surface area contributed by atoms with Crippen LogP contribution in [0.2, 0.25) is 0 Å². The van der Waals surface area contributed by atoms with Crippen LogP contribution < -0.4 is 5.32 Å². The number of halogens is 1. The Kier molecular flexibility index (Phi) is 10.7. The van der Waals surface area contributed by atoms with Gasteiger partial charge < -0.3 is 29.9 Å². The van der Waals surface area contributed by atoms with Crippen molar-refractivity contribution in [1.82, 2.24) is 9.88 Å². The highest BCUT2D eigenvalue weighted by molar-refractivity contribution is 9.10. The molecule has 144 valence electrons. The van der Waals surface area contributed by atoms with Crippen LogP contribution in [0.4, 0.5) is 0 Å². The molecule has 0 spiro atoms. The molecule has 0 saturated heterocycles. The van der Waals surface area contributed by atoms with Gasteiger partial charge in [0, 0.05) is 24.7 Å². The minimum atomic E-state index is -0.370. The van der Waals surface area contributed by atoms with Crippen LogP contribution in [0.25, 0.3) is 10.9 Å². The summed E-state index contributed by atoms with van der Waals surface area (Å²) in [5, 5.41) is 27.4. The molecule has 10 heteroatoms. The van der Waals surface area contributed by atoms with Gasteiger partial charge in [0.25, 0.3) is 12.9 Å². The quantitative estimate of drug-likeness (QED) is 0.424. The molecule has 0 amide bonds. The van der Waals surface area contributed by atoms with Gasteiger partial charge in [-0.15, -0.1) is 0 Å². The van der Waals surface area contributed by atoms with E-state index < -0.39 is 0 Å². The number of hydrogen-bond acceptors (Lipinski definition) is 6. The zero-order valence-electron chi connectivity index (χ0n) is 14.5. The van der Waals surface area contributed by atoms with Gasteiger partial charge in [-0.2, -0.15) is 0 Å². The van der Waals surface area contributed by atoms with Crippen LogP contribution in [0.3, 0.4) is 0 Å². The smallest absolute Gasteiger partial charge is 0.340 e. The number of nitrogens with zero attached hydrogens (tertiary/aromatic N) is 1. The molecule has 0 bridgehead atoms. The monoisotopic (exact) mass is 432 g/mol. The SMILES string of the molecule is CCOC(=O)c1c(CNC)n(C)c2cc(Br)c(O)cc12.O=CO.O=CO. The van der Waals surface area contributed by atoms with Crippen molar-refractivity contribution in [3.8, 4) is 5.75 Å². The Labute approximate surface area is 158 Å². The molecule has 4 N–H and O–H groups in total. The number of carbonyl (C=O) groups excluding carboxylic acids is 1. The van der Waals surface area contributed by atoms with Crippen LogP contribution in [0.15, 0.2) is 16.6 Å². The number of carbonyl (C=O) groups is 3. The fourth-order valence-electron chi connectivity index (χ4n) is 2.30. The number of fused-ring (bicyclic) bond motifs is 1. The molecule has 0 fully saturated rings. The van der Waals surface area contributed by atoms with Crippen LogP contribution >= 0.6 is 15.9 Å². The Morgan fingerprint density at radius 3 is 2.31 bits per heavy atom. The lowest BCUT2D eigenvalue weighted by atomic mass is 10.1. The number of phenolic OH excluding ortho intramolecular Hbond substituents is 1. The van der Waals surface area contributed by atoms with E-state index in [4.69, 9.17) is 24.5 Å². The van der Waals surface area contributed by atoms with E-state index in [1.54, 1.807) is 19.1 Å². The molecule has 0 radical (unpaired) electrons. The van der Waals surface area contributed by atoms with Gasteiger partial charge in [0.15, 0.2) is 0 Å². The molecular formula is C16H21BrN2O7. The standard InChI is InChI=1S/C14H17BrN2O3.2CH2O2/c1-4-20-14(19)13-8-5-12(18)9(15)6-10(8)17(3)11(13)7-16-2;2*2-1-3/h5-6,16,18H,4,7H2,1-3H3;2*1H,(H,2,3). The van der Waals surface area contributed by atoms with Crippen molar-refractivity contribution in [2.24, 2.45) is 7.05 Å². The number of aryl methyl sites for hydroxylation is 1. The van der Waals surface area contributed by atoms with Crippen LogP contribution in [-0.2, 0) is 27.9 Å². The van der Waals surface area contributed by atoms with E-state index in [1.807, 2.05) is 18.7 Å². The lowest BCUT2D eigenvalue weighted by Crippen LogP contribution is -2.14. The molecule has 0 atom stereocenters. The lowest BCUT2D eigenvalue weighted by molar-refractivity contribution is -0.123. The number of aromatic nitrogens is 1. The van der Waals surface area contributed by atoms with E-state index in [2.05, 4.69) is 21.2 Å². The molecule has 0 aliphatic carbocycles. The summed E-state index contributed by atoms with van der Waals surface area (Å²) >= 11 is 3.30. The summed E-state index contributed by atoms with van der Waals surface area (Å²) in [5.74, 6) is -0.269. The van der Waals surface area contributed by atoms with Crippen LogP contribution in [0.5, 0.6) is 5.75 Å². The second kappa shape index (κ2) is 11.9. The average molecular weight is 433 g/mol. The Morgan fingerprint density at radius 1 is 1.31 bits per heavy atom. The molecule has 2 rings (SSSR count). The first kappa shape index (κ1) is 23.4. The van der Waals surface area contributed by atoms with Crippen molar-refractivity contribution in [3.63, 3.8) is 0 Å². The normalized spacial score (nSPS) is 9.38. The highest BCUT2D eigenvalue weighted by Gasteiger charge is 2.22. The molecular weight excluding hydrogens is 412 g/mol. The number of phenols is 1. The molecule has 1 aromatic carbocycles. The molecule has 1 heterocycles. The van der Waals surface area contributed by atoms with Gasteiger partial charge >= 0.3 is 5.97 Å². The van der Waals surface area contributed by atoms with E-state index in [9.17, 15) is 9.90 Å². The van der Waals surface area contributed by atoms with Crippen LogP contribution in [-0.4, -0.2) is 52.5 Å². The van der Waals surface area contributed by atoms with E-state index in [0.717, 1.165) is 11.2 Å². The zero-order valence-corrected chi connectivity index (χ0v) is 16.1. The number of carboxylic acid groups (broad SMARTS) is 2. The van der Waals surface area contributed by atoms with Gasteiger partial charge in [-0.25, -0.2) is 4.79 Å². The van der Waals surface area contributed by atoms with Crippen molar-refractivity contribution in [2.75, 3.05) is 13.7 Å². The second-order valence-electron chi connectivity index (χ2n) is 4.66. The first-order valence-corrected chi connectivity index (χ1v) is 8.10. The summed E-state index contributed by atoms with van der Waals surface area (Å²) in [4.78, 5) is 28.9. The number of aromatic hydroxyl groups is 1. The van der Waals surface area contributed by atoms with Crippen LogP contribution in [0.1, 0.15) is 23.0 Å². The van der Waals surface area contributed by atoms with E-state index >= 15 is 0 Å². The maximum atomic E-state index is 12.2. The number of nitrogens with one attached hydrogen (secondary N) is 1. The minimum absolute atomic E-state index is 0.102. The summed E-state index contributed by atoms with van der Waals surface area (Å²) < 4.78 is 7.66. The Bertz CT molecular complexity index is 753. The highest BCUT2D eigenvalue weighted by atomic mass is 79.9. The Morgan fingerprint density at radius 2 is 1.85 bits per heavy atom. The van der Waals surface area contributed by atoms with Gasteiger partial charge in [0.1, 0.15) is 5.75 Å². The van der Waals surface area contributed by atoms with Gasteiger partial charge in [0.2, 0.25) is 0 Å². The number of ether oxygens (including phenoxy) is 1. The predicted octanol–water partition coefficient (Wildman–Crippen LogP) is 1.94. The maximum Gasteiger partial charge on any atom is 0.340 e. The van der Waals surface area contributed by atoms with Gasteiger partial charge in [-0.3, -0.25) is 9.59 Å². The molecule has 9 nitrogen and oxygen atoms in total. The number of rotatable bonds is 4. The van der Waals surface area contributed by atoms with Crippen molar-refractivity contribution in [3.05, 3.63) is 27.9 Å². The van der Waals surface area contributed by atoms with E-state index in [-0.39, 0.29) is 24.7 Å². The molecule has 0 unspecified atom stereocenters. The minimum Gasteiger partial charge on any atom is -0.507 e. The van der Waals surface area contributed by atoms with Crippen molar-refractivity contribution in [1.29, 1.82) is 0 Å². The summed E-state index contributed by atoms with van der Waals surface area (Å²) in [7, 11) is 3.71. The molecule has 1 aromatic heterocycles. The van der Waals surface area contributed by atoms with Crippen molar-refractivity contribution < 1.29 is 34.4 Å². The summed E-state index contributed by atoms with van der Waals surface area (Å²) in [6.07, 6.45) is 0. The highest BCUT2D eigenvalue weighted by Crippen LogP contribution is 2.34. The largest absolute Gasteiger partial charge is 0.507 e.